The molecule has 2 heterocycles. The molecule has 0 aliphatic rings. The van der Waals surface area contributed by atoms with Gasteiger partial charge >= 0.3 is 0 Å². The van der Waals surface area contributed by atoms with Gasteiger partial charge in [-0.2, -0.15) is 0 Å². The number of benzene rings is 2. The highest BCUT2D eigenvalue weighted by molar-refractivity contribution is 9.13. The van der Waals surface area contributed by atoms with E-state index in [1.807, 2.05) is 43.3 Å². The first-order valence-electron chi connectivity index (χ1n) is 9.33. The molecule has 2 aromatic heterocycles. The van der Waals surface area contributed by atoms with Gasteiger partial charge in [0, 0.05) is 21.4 Å². The van der Waals surface area contributed by atoms with Gasteiger partial charge in [-0.1, -0.05) is 59.7 Å². The number of aromatic nitrogens is 2. The maximum atomic E-state index is 12.9. The Labute approximate surface area is 186 Å². The molecular formula is C24H20Br2N2O. The molecule has 5 heteroatoms. The van der Waals surface area contributed by atoms with Crippen LogP contribution < -0.4 is 0 Å². The van der Waals surface area contributed by atoms with Crippen LogP contribution in [0.1, 0.15) is 50.0 Å². The summed E-state index contributed by atoms with van der Waals surface area (Å²) in [7, 11) is 0. The molecule has 0 saturated heterocycles. The lowest BCUT2D eigenvalue weighted by Crippen LogP contribution is -2.06. The second-order valence-corrected chi connectivity index (χ2v) is 8.90. The van der Waals surface area contributed by atoms with Gasteiger partial charge < -0.3 is 9.97 Å². The van der Waals surface area contributed by atoms with Crippen LogP contribution in [0.25, 0.3) is 0 Å². The zero-order valence-corrected chi connectivity index (χ0v) is 19.3. The smallest absolute Gasteiger partial charge is 0.209 e. The average molecular weight is 512 g/mol. The van der Waals surface area contributed by atoms with Crippen molar-refractivity contribution in [2.75, 3.05) is 0 Å². The highest BCUT2D eigenvalue weighted by Gasteiger charge is 2.22. The van der Waals surface area contributed by atoms with Gasteiger partial charge in [0.2, 0.25) is 5.78 Å². The summed E-state index contributed by atoms with van der Waals surface area (Å²) in [6.45, 7) is 4.09. The Hall–Kier alpha value is -2.37. The van der Waals surface area contributed by atoms with E-state index in [0.717, 1.165) is 31.6 Å². The number of ketones is 1. The first kappa shape index (κ1) is 19.9. The van der Waals surface area contributed by atoms with Crippen LogP contribution in [-0.2, 0) is 0 Å². The summed E-state index contributed by atoms with van der Waals surface area (Å²) in [4.78, 5) is 19.7. The number of carbonyl (C=O) groups is 1. The van der Waals surface area contributed by atoms with Crippen LogP contribution in [0.3, 0.4) is 0 Å². The van der Waals surface area contributed by atoms with Crippen molar-refractivity contribution in [1.82, 2.24) is 9.97 Å². The summed E-state index contributed by atoms with van der Waals surface area (Å²) in [5.41, 5.74) is 6.76. The van der Waals surface area contributed by atoms with Crippen molar-refractivity contribution in [1.29, 1.82) is 0 Å². The topological polar surface area (TPSA) is 48.6 Å². The van der Waals surface area contributed by atoms with E-state index in [2.05, 4.69) is 79.1 Å². The molecule has 0 aliphatic carbocycles. The molecule has 0 aliphatic heterocycles. The lowest BCUT2D eigenvalue weighted by Gasteiger charge is -2.16. The molecule has 0 spiro atoms. The molecule has 0 amide bonds. The fraction of sp³-hybridized carbons (Fsp3) is 0.125. The van der Waals surface area contributed by atoms with Gasteiger partial charge in [-0.3, -0.25) is 4.79 Å². The van der Waals surface area contributed by atoms with Gasteiger partial charge in [0.1, 0.15) is 0 Å². The molecule has 2 N–H and O–H groups in total. The molecule has 146 valence electrons. The quantitative estimate of drug-likeness (QED) is 0.281. The highest BCUT2D eigenvalue weighted by Crippen LogP contribution is 2.35. The van der Waals surface area contributed by atoms with Gasteiger partial charge in [0.25, 0.3) is 0 Å². The largest absolute Gasteiger partial charge is 0.355 e. The number of H-pyrrole nitrogens is 2. The molecular weight excluding hydrogens is 492 g/mol. The Balaban J connectivity index is 1.74. The van der Waals surface area contributed by atoms with Gasteiger partial charge in [-0.05, 0) is 69.5 Å². The van der Waals surface area contributed by atoms with E-state index in [0.29, 0.717) is 11.3 Å². The number of nitrogens with one attached hydrogen (secondary N) is 2. The third-order valence-corrected chi connectivity index (χ3v) is 6.83. The van der Waals surface area contributed by atoms with E-state index in [9.17, 15) is 4.79 Å². The maximum absolute atomic E-state index is 12.9. The molecule has 29 heavy (non-hydrogen) atoms. The molecule has 4 aromatic rings. The van der Waals surface area contributed by atoms with Crippen molar-refractivity contribution < 1.29 is 4.79 Å². The molecule has 4 rings (SSSR count). The van der Waals surface area contributed by atoms with E-state index in [-0.39, 0.29) is 11.7 Å². The number of aryl methyl sites for hydroxylation is 2. The number of halogens is 2. The SMILES string of the molecule is Cc1ccc(C(=O)c2ccc(C(c3ccc(C)cc3)c3cc(Br)c(Br)[nH]3)[nH]2)cc1. The minimum absolute atomic E-state index is 0.00671. The number of rotatable bonds is 5. The monoisotopic (exact) mass is 510 g/mol. The fourth-order valence-electron chi connectivity index (χ4n) is 3.44. The third-order valence-electron chi connectivity index (χ3n) is 5.05. The number of carbonyl (C=O) groups excluding carboxylic acids is 1. The van der Waals surface area contributed by atoms with E-state index < -0.39 is 0 Å². The van der Waals surface area contributed by atoms with Gasteiger partial charge in [-0.25, -0.2) is 0 Å². The zero-order valence-electron chi connectivity index (χ0n) is 16.1. The summed E-state index contributed by atoms with van der Waals surface area (Å²) < 4.78 is 1.86. The van der Waals surface area contributed by atoms with Crippen LogP contribution in [0.2, 0.25) is 0 Å². The minimum atomic E-state index is -0.0437. The maximum Gasteiger partial charge on any atom is 0.209 e. The van der Waals surface area contributed by atoms with Crippen molar-refractivity contribution in [3.63, 3.8) is 0 Å². The molecule has 1 unspecified atom stereocenters. The molecule has 0 radical (unpaired) electrons. The second kappa shape index (κ2) is 8.17. The minimum Gasteiger partial charge on any atom is -0.355 e. The predicted octanol–water partition coefficient (Wildman–Crippen LogP) is 6.90. The molecule has 0 saturated carbocycles. The number of hydrogen-bond donors (Lipinski definition) is 2. The van der Waals surface area contributed by atoms with Gasteiger partial charge in [-0.15, -0.1) is 0 Å². The first-order valence-corrected chi connectivity index (χ1v) is 10.9. The van der Waals surface area contributed by atoms with Crippen LogP contribution in [0.15, 0.2) is 75.8 Å². The Kier molecular flexibility index (Phi) is 5.61. The highest BCUT2D eigenvalue weighted by atomic mass is 79.9. The Morgan fingerprint density at radius 2 is 1.41 bits per heavy atom. The zero-order chi connectivity index (χ0) is 20.5. The second-order valence-electron chi connectivity index (χ2n) is 7.25. The molecule has 0 bridgehead atoms. The first-order chi connectivity index (χ1) is 13.9. The van der Waals surface area contributed by atoms with Crippen LogP contribution in [0.4, 0.5) is 0 Å². The van der Waals surface area contributed by atoms with E-state index >= 15 is 0 Å². The van der Waals surface area contributed by atoms with Gasteiger partial charge in [0.05, 0.1) is 16.2 Å². The Morgan fingerprint density at radius 1 is 0.793 bits per heavy atom. The summed E-state index contributed by atoms with van der Waals surface area (Å²) in [5, 5.41) is 0. The molecule has 1 atom stereocenters. The van der Waals surface area contributed by atoms with Crippen molar-refractivity contribution >= 4 is 37.6 Å². The average Bonchev–Trinajstić information content (AvgIpc) is 3.31. The molecule has 3 nitrogen and oxygen atoms in total. The summed E-state index contributed by atoms with van der Waals surface area (Å²) in [6, 6.07) is 22.1. The summed E-state index contributed by atoms with van der Waals surface area (Å²) in [6.07, 6.45) is 0. The lowest BCUT2D eigenvalue weighted by atomic mass is 9.92. The standard InChI is InChI=1S/C24H20Br2N2O/c1-14-3-7-16(8-4-14)22(21-13-18(25)24(26)28-21)19-11-12-20(27-19)23(29)17-9-5-15(2)6-10-17/h3-13,22,27-28H,1-2H3. The Bertz CT molecular complexity index is 1140. The molecule has 2 aromatic carbocycles. The summed E-state index contributed by atoms with van der Waals surface area (Å²) in [5.74, 6) is -0.0504. The van der Waals surface area contributed by atoms with E-state index in [4.69, 9.17) is 0 Å². The van der Waals surface area contributed by atoms with Gasteiger partial charge in [0.15, 0.2) is 0 Å². The predicted molar refractivity (Wildman–Crippen MR) is 124 cm³/mol. The van der Waals surface area contributed by atoms with Crippen molar-refractivity contribution in [3.8, 4) is 0 Å². The van der Waals surface area contributed by atoms with Crippen LogP contribution in [0.5, 0.6) is 0 Å². The van der Waals surface area contributed by atoms with Crippen molar-refractivity contribution in [2.24, 2.45) is 0 Å². The number of aromatic amines is 2. The van der Waals surface area contributed by atoms with Crippen LogP contribution in [-0.4, -0.2) is 15.8 Å². The number of hydrogen-bond acceptors (Lipinski definition) is 1. The third kappa shape index (κ3) is 4.16. The Morgan fingerprint density at radius 3 is 2.00 bits per heavy atom. The normalized spacial score (nSPS) is 12.1. The summed E-state index contributed by atoms with van der Waals surface area (Å²) >= 11 is 7.10. The van der Waals surface area contributed by atoms with Crippen LogP contribution in [0, 0.1) is 13.8 Å². The van der Waals surface area contributed by atoms with E-state index in [1.165, 1.54) is 5.56 Å². The van der Waals surface area contributed by atoms with E-state index in [1.54, 1.807) is 0 Å². The molecule has 0 fully saturated rings. The van der Waals surface area contributed by atoms with Crippen molar-refractivity contribution in [2.45, 2.75) is 19.8 Å². The fourth-order valence-corrected chi connectivity index (χ4v) is 4.13. The lowest BCUT2D eigenvalue weighted by molar-refractivity contribution is 0.103. The van der Waals surface area contributed by atoms with Crippen LogP contribution >= 0.6 is 31.9 Å². The van der Waals surface area contributed by atoms with Crippen molar-refractivity contribution in [3.05, 3.63) is 115 Å².